The zero-order valence-electron chi connectivity index (χ0n) is 15.5. The number of hydrogen-bond donors (Lipinski definition) is 2. The van der Waals surface area contributed by atoms with E-state index in [1.807, 2.05) is 44.3 Å². The summed E-state index contributed by atoms with van der Waals surface area (Å²) in [5.41, 5.74) is 1.14. The van der Waals surface area contributed by atoms with Crippen molar-refractivity contribution in [2.24, 2.45) is 5.96 Å². The third kappa shape index (κ3) is 44.9. The molecule has 0 spiro atoms. The Labute approximate surface area is 163 Å². The Kier molecular flexibility index (Phi) is 20.7. The second kappa shape index (κ2) is 17.6. The van der Waals surface area contributed by atoms with E-state index in [2.05, 4.69) is 10.9 Å². The van der Waals surface area contributed by atoms with Gasteiger partial charge < -0.3 is 61.5 Å². The highest BCUT2D eigenvalue weighted by atomic mass is 19.5. The molecular weight excluding hydrogens is 456 g/mol. The lowest BCUT2D eigenvalue weighted by Crippen LogP contribution is -2.02. The summed E-state index contributed by atoms with van der Waals surface area (Å²) in [5, 5.41) is 1.18. The van der Waals surface area contributed by atoms with Gasteiger partial charge in [0.1, 0.15) is 5.75 Å². The molecule has 180 valence electrons. The molecule has 1 aromatic heterocycles. The van der Waals surface area contributed by atoms with Crippen LogP contribution in [-0.2, 0) is 0 Å². The number of methoxy groups -OCH3 is 1. The molecule has 2 rings (SSSR count). The van der Waals surface area contributed by atoms with Crippen LogP contribution >= 0.6 is 0 Å². The van der Waals surface area contributed by atoms with E-state index in [0.29, 0.717) is 0 Å². The molecule has 0 radical (unpaired) electrons. The van der Waals surface area contributed by atoms with Gasteiger partial charge in [-0.3, -0.25) is 0 Å². The molecule has 0 aliphatic carbocycles. The number of nitrogens with one attached hydrogen (secondary N) is 1. The van der Waals surface area contributed by atoms with Crippen molar-refractivity contribution in [1.82, 2.24) is 4.98 Å². The molecule has 2 aromatic rings. The fraction of sp³-hybridized carbons (Fsp3) is 0.273. The average Bonchev–Trinajstić information content (AvgIpc) is 3.01. The predicted molar refractivity (Wildman–Crippen MR) is 92.1 cm³/mol. The van der Waals surface area contributed by atoms with Crippen LogP contribution in [0.2, 0.25) is 0 Å². The molecule has 0 unspecified atom stereocenters. The maximum atomic E-state index is 9.75. The molecule has 0 fully saturated rings. The van der Waals surface area contributed by atoms with Gasteiger partial charge in [-0.25, -0.2) is 0 Å². The van der Waals surface area contributed by atoms with Gasteiger partial charge in [0.25, 0.3) is 0 Å². The molecule has 0 bridgehead atoms. The van der Waals surface area contributed by atoms with E-state index in [1.54, 1.807) is 7.11 Å². The first-order chi connectivity index (χ1) is 13.4. The standard InChI is InChI=1S/C9H9NO.C2H6.3BF4.FH2N/c1-11-8-2-3-9-7(6-8)4-5-10-9;1-2;3*2-1(3,4)5;1-2/h2-6,10H,1H3;1-2H3;;;;2H2/q;;3*-1;. The number of aromatic amines is 1. The molecule has 30 heavy (non-hydrogen) atoms. The third-order valence-electron chi connectivity index (χ3n) is 1.76. The van der Waals surface area contributed by atoms with E-state index < -0.39 is 21.8 Å². The van der Waals surface area contributed by atoms with Crippen LogP contribution in [-0.4, -0.2) is 33.9 Å². The van der Waals surface area contributed by atoms with Gasteiger partial charge in [-0.15, -0.1) is 4.48 Å². The Hall–Kier alpha value is -2.20. The Morgan fingerprint density at radius 3 is 1.33 bits per heavy atom. The first-order valence-electron chi connectivity index (χ1n) is 7.35. The van der Waals surface area contributed by atoms with Gasteiger partial charge in [0.2, 0.25) is 0 Å². The molecule has 0 aliphatic heterocycles. The first kappa shape index (κ1) is 35.3. The van der Waals surface area contributed by atoms with Gasteiger partial charge in [-0.2, -0.15) is 5.96 Å². The Morgan fingerprint density at radius 1 is 0.700 bits per heavy atom. The monoisotopic (exact) mass is 473 g/mol. The van der Waals surface area contributed by atoms with Crippen molar-refractivity contribution in [3.63, 3.8) is 0 Å². The van der Waals surface area contributed by atoms with Crippen molar-refractivity contribution in [1.29, 1.82) is 0 Å². The van der Waals surface area contributed by atoms with Crippen LogP contribution in [0.15, 0.2) is 30.5 Å². The highest BCUT2D eigenvalue weighted by molar-refractivity contribution is 6.50. The molecular formula is C11H17B3F13N2O-3. The van der Waals surface area contributed by atoms with E-state index in [4.69, 9.17) is 9.22 Å². The zero-order chi connectivity index (χ0) is 25.2. The van der Waals surface area contributed by atoms with Crippen molar-refractivity contribution in [3.05, 3.63) is 30.5 Å². The fourth-order valence-corrected chi connectivity index (χ4v) is 1.16. The number of aromatic nitrogens is 1. The quantitative estimate of drug-likeness (QED) is 0.268. The normalized spacial score (nSPS) is 10.2. The number of nitrogens with two attached hydrogens (primary N) is 1. The van der Waals surface area contributed by atoms with Gasteiger partial charge in [0, 0.05) is 17.1 Å². The summed E-state index contributed by atoms with van der Waals surface area (Å²) < 4.78 is 131. The number of rotatable bonds is 1. The van der Waals surface area contributed by atoms with Crippen molar-refractivity contribution >= 4 is 32.7 Å². The zero-order valence-corrected chi connectivity index (χ0v) is 15.5. The number of hydrogen-bond acceptors (Lipinski definition) is 2. The number of benzene rings is 1. The lowest BCUT2D eigenvalue weighted by molar-refractivity contribution is 0.366. The molecule has 3 N–H and O–H groups in total. The van der Waals surface area contributed by atoms with Crippen LogP contribution < -0.4 is 10.7 Å². The minimum absolute atomic E-state index is 0.900. The molecule has 0 amide bonds. The molecule has 19 heteroatoms. The van der Waals surface area contributed by atoms with Gasteiger partial charge in [0.05, 0.1) is 7.11 Å². The highest BCUT2D eigenvalue weighted by Crippen LogP contribution is 2.18. The minimum Gasteiger partial charge on any atom is -0.497 e. The Balaban J connectivity index is -0.000000154. The summed E-state index contributed by atoms with van der Waals surface area (Å²) in [6, 6.07) is 7.98. The summed E-state index contributed by atoms with van der Waals surface area (Å²) in [4.78, 5) is 3.12. The second-order valence-electron chi connectivity index (χ2n) is 3.92. The third-order valence-corrected chi connectivity index (χ3v) is 1.76. The van der Waals surface area contributed by atoms with Crippen LogP contribution in [0.1, 0.15) is 13.8 Å². The van der Waals surface area contributed by atoms with E-state index >= 15 is 0 Å². The lowest BCUT2D eigenvalue weighted by Gasteiger charge is -1.97. The van der Waals surface area contributed by atoms with Crippen molar-refractivity contribution in [3.8, 4) is 5.75 Å². The van der Waals surface area contributed by atoms with Gasteiger partial charge in [0.15, 0.2) is 0 Å². The second-order valence-corrected chi connectivity index (χ2v) is 3.92. The fourth-order valence-electron chi connectivity index (χ4n) is 1.16. The Morgan fingerprint density at radius 2 is 1.03 bits per heavy atom. The van der Waals surface area contributed by atoms with Gasteiger partial charge >= 0.3 is 21.8 Å². The van der Waals surface area contributed by atoms with Crippen LogP contribution in [0.5, 0.6) is 5.75 Å². The first-order valence-corrected chi connectivity index (χ1v) is 7.35. The van der Waals surface area contributed by atoms with E-state index in [1.165, 1.54) is 5.39 Å². The van der Waals surface area contributed by atoms with Crippen molar-refractivity contribution in [2.75, 3.05) is 7.11 Å². The van der Waals surface area contributed by atoms with Gasteiger partial charge in [-0.05, 0) is 24.3 Å². The molecule has 0 atom stereocenters. The molecule has 0 saturated carbocycles. The number of fused-ring (bicyclic) bond motifs is 1. The van der Waals surface area contributed by atoms with Crippen LogP contribution in [0.4, 0.5) is 56.3 Å². The van der Waals surface area contributed by atoms with E-state index in [9.17, 15) is 51.8 Å². The van der Waals surface area contributed by atoms with Crippen LogP contribution in [0.25, 0.3) is 10.9 Å². The maximum Gasteiger partial charge on any atom is 0.673 e. The molecule has 1 heterocycles. The molecule has 0 aliphatic rings. The number of halogens is 13. The summed E-state index contributed by atoms with van der Waals surface area (Å²) in [6.07, 6.45) is 1.92. The van der Waals surface area contributed by atoms with Gasteiger partial charge in [-0.1, -0.05) is 13.8 Å². The van der Waals surface area contributed by atoms with Crippen molar-refractivity contribution in [2.45, 2.75) is 13.8 Å². The highest BCUT2D eigenvalue weighted by Gasteiger charge is 2.21. The Bertz CT molecular complexity index is 585. The number of H-pyrrole nitrogens is 1. The molecule has 0 saturated heterocycles. The topological polar surface area (TPSA) is 51.0 Å². The van der Waals surface area contributed by atoms with E-state index in [0.717, 1.165) is 11.3 Å². The SMILES string of the molecule is CC.COc1ccc2[nH]ccc2c1.F[B-](F)(F)F.F[B-](F)(F)F.F[B-](F)(F)F.NF. The lowest BCUT2D eigenvalue weighted by atomic mass is 10.2. The molecule has 3 nitrogen and oxygen atoms in total. The summed E-state index contributed by atoms with van der Waals surface area (Å²) in [7, 11) is -16.3. The molecule has 1 aromatic carbocycles. The summed E-state index contributed by atoms with van der Waals surface area (Å²) >= 11 is 0. The smallest absolute Gasteiger partial charge is 0.497 e. The van der Waals surface area contributed by atoms with E-state index in [-0.39, 0.29) is 0 Å². The summed E-state index contributed by atoms with van der Waals surface area (Å²) in [5.74, 6) is 3.90. The largest absolute Gasteiger partial charge is 0.673 e. The van der Waals surface area contributed by atoms with Crippen molar-refractivity contribution < 1.29 is 61.0 Å². The van der Waals surface area contributed by atoms with Crippen LogP contribution in [0.3, 0.4) is 0 Å². The maximum absolute atomic E-state index is 9.75. The average molecular weight is 473 g/mol. The summed E-state index contributed by atoms with van der Waals surface area (Å²) in [6.45, 7) is 4.00. The minimum atomic E-state index is -6.00. The van der Waals surface area contributed by atoms with Crippen LogP contribution in [0, 0.1) is 0 Å². The predicted octanol–water partition coefficient (Wildman–Crippen LogP) is 6.93. The number of ether oxygens (including phenoxy) is 1.